The smallest absolute Gasteiger partial charge is 0.305 e. The molecule has 0 aromatic rings. The van der Waals surface area contributed by atoms with Crippen LogP contribution in [0.2, 0.25) is 0 Å². The number of nitrogens with one attached hydrogen (secondary N) is 1. The van der Waals surface area contributed by atoms with Gasteiger partial charge in [0.2, 0.25) is 5.91 Å². The molecule has 1 heterocycles. The van der Waals surface area contributed by atoms with E-state index in [4.69, 9.17) is 14.2 Å². The van der Waals surface area contributed by atoms with Gasteiger partial charge >= 0.3 is 5.97 Å². The van der Waals surface area contributed by atoms with E-state index in [0.29, 0.717) is 19.4 Å². The minimum atomic E-state index is -1.58. The molecular weight excluding hydrogens is 919 g/mol. The highest BCUT2D eigenvalue weighted by molar-refractivity contribution is 5.76. The van der Waals surface area contributed by atoms with Crippen LogP contribution < -0.4 is 5.32 Å². The summed E-state index contributed by atoms with van der Waals surface area (Å²) in [6.07, 6.45) is 57.3. The van der Waals surface area contributed by atoms with Crippen molar-refractivity contribution in [3.8, 4) is 0 Å². The van der Waals surface area contributed by atoms with Crippen LogP contribution in [0.3, 0.4) is 0 Å². The van der Waals surface area contributed by atoms with Crippen molar-refractivity contribution in [2.45, 2.75) is 288 Å². The van der Waals surface area contributed by atoms with Crippen molar-refractivity contribution >= 4 is 11.9 Å². The standard InChI is InChI=1S/C62H109NO10/c1-3-5-7-9-11-13-14-26-30-34-38-42-46-50-58(67)71-51-47-43-39-35-31-28-25-23-21-19-17-15-16-18-20-22-24-27-29-33-37-41-45-49-57(66)63-54(55(65)48-44-40-36-32-12-10-8-6-4-2)53-72-62-61(70)60(69)59(68)56(52-64)73-62/h7,9,12-15,17-18,20,32,44,48,54-56,59-62,64-65,68-70H,3-6,8,10-11,16,19,21-31,33-43,45-47,49-53H2,1-2H3,(H,63,66)/b9-7-,14-13-,17-15-,20-18-,32-12+,48-44+. The van der Waals surface area contributed by atoms with Gasteiger partial charge in [-0.25, -0.2) is 0 Å². The normalized spacial score (nSPS) is 19.5. The van der Waals surface area contributed by atoms with Crippen molar-refractivity contribution in [1.29, 1.82) is 0 Å². The Balaban J connectivity index is 2.04. The lowest BCUT2D eigenvalue weighted by Gasteiger charge is -2.40. The van der Waals surface area contributed by atoms with Crippen molar-refractivity contribution < 1.29 is 49.3 Å². The Labute approximate surface area is 445 Å². The maximum atomic E-state index is 13.0. The molecule has 1 saturated heterocycles. The zero-order chi connectivity index (χ0) is 53.1. The van der Waals surface area contributed by atoms with E-state index in [2.05, 4.69) is 79.9 Å². The van der Waals surface area contributed by atoms with Crippen LogP contribution in [0.1, 0.15) is 245 Å². The zero-order valence-corrected chi connectivity index (χ0v) is 46.3. The van der Waals surface area contributed by atoms with Crippen LogP contribution in [0, 0.1) is 0 Å². The first-order valence-electron chi connectivity index (χ1n) is 29.7. The Bertz CT molecular complexity index is 1440. The number of unbranched alkanes of at least 4 members (excludes halogenated alkanes) is 26. The minimum absolute atomic E-state index is 0.0218. The summed E-state index contributed by atoms with van der Waals surface area (Å²) >= 11 is 0. The molecule has 6 N–H and O–H groups in total. The molecule has 1 amide bonds. The van der Waals surface area contributed by atoms with Crippen LogP contribution in [0.25, 0.3) is 0 Å². The second kappa shape index (κ2) is 51.2. The molecule has 0 aromatic heterocycles. The summed E-state index contributed by atoms with van der Waals surface area (Å²) in [7, 11) is 0. The molecule has 73 heavy (non-hydrogen) atoms. The van der Waals surface area contributed by atoms with E-state index in [9.17, 15) is 35.1 Å². The molecular formula is C62H109NO10. The van der Waals surface area contributed by atoms with E-state index >= 15 is 0 Å². The van der Waals surface area contributed by atoms with Gasteiger partial charge in [0, 0.05) is 12.8 Å². The molecule has 1 aliphatic heterocycles. The van der Waals surface area contributed by atoms with E-state index in [0.717, 1.165) is 103 Å². The third-order valence-corrected chi connectivity index (χ3v) is 13.5. The monoisotopic (exact) mass is 1030 g/mol. The maximum absolute atomic E-state index is 13.0. The lowest BCUT2D eigenvalue weighted by atomic mass is 9.99. The number of carbonyl (C=O) groups is 2. The highest BCUT2D eigenvalue weighted by Crippen LogP contribution is 2.23. The number of ether oxygens (including phenoxy) is 3. The number of rotatable bonds is 50. The SMILES string of the molecule is CCC/C=C\C/C=C\CCCCCCCC(=O)OCCCCCCCCCCC/C=C\C/C=C\CCCCCCCCCC(=O)NC(COC1OC(CO)C(O)C(O)C1O)C(O)/C=C/CC/C=C/CCCCC. The number of aliphatic hydroxyl groups excluding tert-OH is 5. The van der Waals surface area contributed by atoms with Crippen molar-refractivity contribution in [2.75, 3.05) is 19.8 Å². The lowest BCUT2D eigenvalue weighted by Crippen LogP contribution is -2.60. The molecule has 11 heteroatoms. The highest BCUT2D eigenvalue weighted by Gasteiger charge is 2.44. The van der Waals surface area contributed by atoms with Crippen LogP contribution in [0.15, 0.2) is 72.9 Å². The summed E-state index contributed by atoms with van der Waals surface area (Å²) in [5.74, 6) is -0.229. The zero-order valence-electron chi connectivity index (χ0n) is 46.3. The number of amides is 1. The first-order chi connectivity index (χ1) is 35.7. The van der Waals surface area contributed by atoms with Gasteiger partial charge in [-0.1, -0.05) is 202 Å². The second-order valence-electron chi connectivity index (χ2n) is 20.3. The summed E-state index contributed by atoms with van der Waals surface area (Å²) < 4.78 is 16.6. The fraction of sp³-hybridized carbons (Fsp3) is 0.774. The van der Waals surface area contributed by atoms with Crippen LogP contribution >= 0.6 is 0 Å². The predicted octanol–water partition coefficient (Wildman–Crippen LogP) is 13.6. The van der Waals surface area contributed by atoms with Gasteiger partial charge in [0.1, 0.15) is 24.4 Å². The Morgan fingerprint density at radius 2 is 0.959 bits per heavy atom. The van der Waals surface area contributed by atoms with Gasteiger partial charge in [-0.2, -0.15) is 0 Å². The molecule has 7 unspecified atom stereocenters. The van der Waals surface area contributed by atoms with E-state index in [1.54, 1.807) is 6.08 Å². The second-order valence-corrected chi connectivity index (χ2v) is 20.3. The van der Waals surface area contributed by atoms with Crippen molar-refractivity contribution in [3.05, 3.63) is 72.9 Å². The number of allylic oxidation sites excluding steroid dienone is 11. The molecule has 0 saturated carbocycles. The molecule has 1 rings (SSSR count). The largest absolute Gasteiger partial charge is 0.466 e. The third kappa shape index (κ3) is 41.0. The molecule has 0 aliphatic carbocycles. The maximum Gasteiger partial charge on any atom is 0.305 e. The van der Waals surface area contributed by atoms with Gasteiger partial charge in [0.25, 0.3) is 0 Å². The molecule has 0 aromatic carbocycles. The summed E-state index contributed by atoms with van der Waals surface area (Å²) in [5.41, 5.74) is 0. The van der Waals surface area contributed by atoms with Crippen LogP contribution in [-0.4, -0.2) is 100 Å². The predicted molar refractivity (Wildman–Crippen MR) is 301 cm³/mol. The molecule has 0 radical (unpaired) electrons. The number of hydrogen-bond acceptors (Lipinski definition) is 10. The first-order valence-corrected chi connectivity index (χ1v) is 29.7. The van der Waals surface area contributed by atoms with Gasteiger partial charge in [0.15, 0.2) is 6.29 Å². The first kappa shape index (κ1) is 68.1. The van der Waals surface area contributed by atoms with E-state index < -0.39 is 49.5 Å². The Morgan fingerprint density at radius 3 is 1.49 bits per heavy atom. The van der Waals surface area contributed by atoms with Gasteiger partial charge in [-0.15, -0.1) is 0 Å². The van der Waals surface area contributed by atoms with E-state index in [1.807, 2.05) is 6.08 Å². The molecule has 0 spiro atoms. The Morgan fingerprint density at radius 1 is 0.507 bits per heavy atom. The van der Waals surface area contributed by atoms with Crippen LogP contribution in [0.4, 0.5) is 0 Å². The quantitative estimate of drug-likeness (QED) is 0.0195. The van der Waals surface area contributed by atoms with Gasteiger partial charge in [0.05, 0.1) is 32.0 Å². The molecule has 7 atom stereocenters. The number of aliphatic hydroxyl groups is 5. The Hall–Kier alpha value is -2.90. The fourth-order valence-corrected chi connectivity index (χ4v) is 8.75. The van der Waals surface area contributed by atoms with Crippen LogP contribution in [-0.2, 0) is 23.8 Å². The average molecular weight is 1030 g/mol. The topological polar surface area (TPSA) is 175 Å². The minimum Gasteiger partial charge on any atom is -0.466 e. The molecule has 0 bridgehead atoms. The third-order valence-electron chi connectivity index (χ3n) is 13.5. The molecule has 1 aliphatic rings. The summed E-state index contributed by atoms with van der Waals surface area (Å²) in [5, 5.41) is 54.1. The summed E-state index contributed by atoms with van der Waals surface area (Å²) in [4.78, 5) is 25.0. The van der Waals surface area contributed by atoms with Crippen molar-refractivity contribution in [1.82, 2.24) is 5.32 Å². The Kier molecular flexibility index (Phi) is 47.8. The van der Waals surface area contributed by atoms with Crippen molar-refractivity contribution in [2.24, 2.45) is 0 Å². The molecule has 422 valence electrons. The van der Waals surface area contributed by atoms with E-state index in [1.165, 1.54) is 116 Å². The van der Waals surface area contributed by atoms with Crippen LogP contribution in [0.5, 0.6) is 0 Å². The fourth-order valence-electron chi connectivity index (χ4n) is 8.75. The van der Waals surface area contributed by atoms with Gasteiger partial charge < -0.3 is 45.1 Å². The van der Waals surface area contributed by atoms with Gasteiger partial charge in [-0.3, -0.25) is 9.59 Å². The summed E-state index contributed by atoms with van der Waals surface area (Å²) in [6, 6.07) is -0.835. The molecule has 1 fully saturated rings. The highest BCUT2D eigenvalue weighted by atomic mass is 16.7. The average Bonchev–Trinajstić information content (AvgIpc) is 3.39. The lowest BCUT2D eigenvalue weighted by molar-refractivity contribution is -0.302. The molecule has 11 nitrogen and oxygen atoms in total. The number of carbonyl (C=O) groups excluding carboxylic acids is 2. The number of esters is 1. The van der Waals surface area contributed by atoms with E-state index in [-0.39, 0.29) is 18.5 Å². The number of hydrogen-bond donors (Lipinski definition) is 6. The van der Waals surface area contributed by atoms with Gasteiger partial charge in [-0.05, 0) is 103 Å². The van der Waals surface area contributed by atoms with Crippen molar-refractivity contribution in [3.63, 3.8) is 0 Å². The summed E-state index contributed by atoms with van der Waals surface area (Å²) in [6.45, 7) is 4.18.